The summed E-state index contributed by atoms with van der Waals surface area (Å²) in [5.74, 6) is 0.436. The normalized spacial score (nSPS) is 11.6. The maximum Gasteiger partial charge on any atom is 0.240 e. The van der Waals surface area contributed by atoms with Crippen LogP contribution >= 0.6 is 0 Å². The summed E-state index contributed by atoms with van der Waals surface area (Å²) in [6.45, 7) is -0.0735. The Balaban J connectivity index is 2.09. The van der Waals surface area contributed by atoms with E-state index in [0.29, 0.717) is 11.4 Å². The average molecular weight is 268 g/mol. The van der Waals surface area contributed by atoms with E-state index in [9.17, 15) is 8.42 Å². The highest BCUT2D eigenvalue weighted by Crippen LogP contribution is 2.10. The van der Waals surface area contributed by atoms with Crippen LogP contribution in [0.2, 0.25) is 0 Å². The summed E-state index contributed by atoms with van der Waals surface area (Å²) in [7, 11) is -3.58. The van der Waals surface area contributed by atoms with Gasteiger partial charge in [0.2, 0.25) is 10.0 Å². The molecular weight excluding hydrogens is 256 g/mol. The van der Waals surface area contributed by atoms with Gasteiger partial charge in [-0.3, -0.25) is 5.10 Å². The summed E-state index contributed by atoms with van der Waals surface area (Å²) in [5.41, 5.74) is 0.657. The van der Waals surface area contributed by atoms with Gasteiger partial charge in [0.15, 0.2) is 0 Å². The minimum atomic E-state index is -3.58. The maximum absolute atomic E-state index is 11.9. The van der Waals surface area contributed by atoms with Crippen LogP contribution in [-0.4, -0.2) is 28.7 Å². The third-order valence-electron chi connectivity index (χ3n) is 2.31. The van der Waals surface area contributed by atoms with Gasteiger partial charge in [-0.2, -0.15) is 5.10 Å². The van der Waals surface area contributed by atoms with Crippen LogP contribution in [0.3, 0.4) is 0 Å². The van der Waals surface area contributed by atoms with Gasteiger partial charge < -0.3 is 5.11 Å². The van der Waals surface area contributed by atoms with Crippen molar-refractivity contribution in [1.29, 1.82) is 0 Å². The third-order valence-corrected chi connectivity index (χ3v) is 3.73. The second-order valence-corrected chi connectivity index (χ2v) is 5.33. The van der Waals surface area contributed by atoms with E-state index in [1.807, 2.05) is 0 Å². The van der Waals surface area contributed by atoms with Crippen molar-refractivity contribution in [3.8, 4) is 0 Å². The second-order valence-electron chi connectivity index (χ2n) is 3.56. The fraction of sp³-hybridized carbons (Fsp3) is 0.200. The zero-order valence-corrected chi connectivity index (χ0v) is 10.2. The number of nitrogens with one attached hydrogen (secondary N) is 2. The molecule has 8 heteroatoms. The van der Waals surface area contributed by atoms with Crippen LogP contribution in [0, 0.1) is 0 Å². The molecule has 1 heterocycles. The Morgan fingerprint density at radius 2 is 2.00 bits per heavy atom. The van der Waals surface area contributed by atoms with Gasteiger partial charge >= 0.3 is 0 Å². The lowest BCUT2D eigenvalue weighted by Crippen LogP contribution is -2.23. The fourth-order valence-electron chi connectivity index (χ4n) is 1.34. The molecular formula is C10H12N4O3S. The molecule has 0 aliphatic heterocycles. The van der Waals surface area contributed by atoms with Crippen LogP contribution in [0.25, 0.3) is 0 Å². The molecule has 0 radical (unpaired) electrons. The largest absolute Gasteiger partial charge is 0.392 e. The van der Waals surface area contributed by atoms with E-state index in [0.717, 1.165) is 0 Å². The molecule has 1 aromatic carbocycles. The number of aromatic amines is 1. The smallest absolute Gasteiger partial charge is 0.240 e. The highest BCUT2D eigenvalue weighted by Gasteiger charge is 2.13. The van der Waals surface area contributed by atoms with Crippen LogP contribution in [0.15, 0.2) is 35.5 Å². The van der Waals surface area contributed by atoms with Crippen molar-refractivity contribution in [2.24, 2.45) is 0 Å². The Bertz CT molecular complexity index is 593. The summed E-state index contributed by atoms with van der Waals surface area (Å²) >= 11 is 0. The Kier molecular flexibility index (Phi) is 3.70. The van der Waals surface area contributed by atoms with E-state index in [1.165, 1.54) is 18.5 Å². The Labute approximate surface area is 104 Å². The summed E-state index contributed by atoms with van der Waals surface area (Å²) in [5, 5.41) is 15.1. The second kappa shape index (κ2) is 5.25. The van der Waals surface area contributed by atoms with E-state index in [2.05, 4.69) is 19.9 Å². The van der Waals surface area contributed by atoms with Gasteiger partial charge in [-0.15, -0.1) is 0 Å². The highest BCUT2D eigenvalue weighted by atomic mass is 32.2. The SMILES string of the molecule is O=S(=O)(NCc1ncn[nH]1)c1ccc(CO)cc1. The summed E-state index contributed by atoms with van der Waals surface area (Å²) in [6.07, 6.45) is 1.31. The number of aliphatic hydroxyl groups excluding tert-OH is 1. The lowest BCUT2D eigenvalue weighted by molar-refractivity contribution is 0.282. The van der Waals surface area contributed by atoms with Crippen LogP contribution in [0.4, 0.5) is 0 Å². The van der Waals surface area contributed by atoms with Crippen molar-refractivity contribution in [2.75, 3.05) is 0 Å². The molecule has 18 heavy (non-hydrogen) atoms. The Morgan fingerprint density at radius 1 is 1.28 bits per heavy atom. The third kappa shape index (κ3) is 2.92. The van der Waals surface area contributed by atoms with Crippen molar-refractivity contribution in [1.82, 2.24) is 19.9 Å². The van der Waals surface area contributed by atoms with E-state index >= 15 is 0 Å². The zero-order chi connectivity index (χ0) is 13.0. The summed E-state index contributed by atoms with van der Waals surface area (Å²) < 4.78 is 26.2. The number of aliphatic hydroxyl groups is 1. The lowest BCUT2D eigenvalue weighted by atomic mass is 10.2. The first kappa shape index (κ1) is 12.7. The van der Waals surface area contributed by atoms with Gasteiger partial charge in [-0.05, 0) is 17.7 Å². The number of hydrogen-bond acceptors (Lipinski definition) is 5. The first-order chi connectivity index (χ1) is 8.62. The van der Waals surface area contributed by atoms with Gasteiger partial charge in [-0.25, -0.2) is 18.1 Å². The molecule has 0 bridgehead atoms. The predicted molar refractivity (Wildman–Crippen MR) is 62.8 cm³/mol. The number of nitrogens with zero attached hydrogens (tertiary/aromatic N) is 2. The van der Waals surface area contributed by atoms with Crippen LogP contribution in [0.5, 0.6) is 0 Å². The quantitative estimate of drug-likeness (QED) is 0.694. The van der Waals surface area contributed by atoms with Crippen LogP contribution < -0.4 is 4.72 Å². The molecule has 0 amide bonds. The zero-order valence-electron chi connectivity index (χ0n) is 9.37. The van der Waals surface area contributed by atoms with Gasteiger partial charge in [0, 0.05) is 0 Å². The number of sulfonamides is 1. The molecule has 96 valence electrons. The first-order valence-electron chi connectivity index (χ1n) is 5.15. The van der Waals surface area contributed by atoms with Crippen molar-refractivity contribution in [2.45, 2.75) is 18.0 Å². The van der Waals surface area contributed by atoms with E-state index < -0.39 is 10.0 Å². The van der Waals surface area contributed by atoms with E-state index in [4.69, 9.17) is 5.11 Å². The topological polar surface area (TPSA) is 108 Å². The van der Waals surface area contributed by atoms with Gasteiger partial charge in [0.05, 0.1) is 18.0 Å². The molecule has 1 aromatic heterocycles. The first-order valence-corrected chi connectivity index (χ1v) is 6.64. The van der Waals surface area contributed by atoms with Gasteiger partial charge in [-0.1, -0.05) is 12.1 Å². The van der Waals surface area contributed by atoms with E-state index in [-0.39, 0.29) is 18.0 Å². The van der Waals surface area contributed by atoms with Crippen molar-refractivity contribution >= 4 is 10.0 Å². The number of rotatable bonds is 5. The molecule has 2 aromatic rings. The van der Waals surface area contributed by atoms with Crippen LogP contribution in [0.1, 0.15) is 11.4 Å². The number of aromatic nitrogens is 3. The Hall–Kier alpha value is -1.77. The van der Waals surface area contributed by atoms with Gasteiger partial charge in [0.1, 0.15) is 12.2 Å². The predicted octanol–water partition coefficient (Wildman–Crippen LogP) is -0.225. The molecule has 0 aliphatic carbocycles. The molecule has 0 saturated carbocycles. The highest BCUT2D eigenvalue weighted by molar-refractivity contribution is 7.89. The molecule has 2 rings (SSSR count). The van der Waals surface area contributed by atoms with Crippen LogP contribution in [-0.2, 0) is 23.2 Å². The molecule has 0 aliphatic rings. The lowest BCUT2D eigenvalue weighted by Gasteiger charge is -2.05. The molecule has 0 atom stereocenters. The molecule has 0 saturated heterocycles. The monoisotopic (exact) mass is 268 g/mol. The van der Waals surface area contributed by atoms with Crippen molar-refractivity contribution in [3.05, 3.63) is 42.0 Å². The minimum Gasteiger partial charge on any atom is -0.392 e. The molecule has 0 fully saturated rings. The standard InChI is InChI=1S/C10H12N4O3S/c15-6-8-1-3-9(4-2-8)18(16,17)13-5-10-11-7-12-14-10/h1-4,7,13,15H,5-6H2,(H,11,12,14). The average Bonchev–Trinajstić information content (AvgIpc) is 2.90. The molecule has 0 spiro atoms. The molecule has 3 N–H and O–H groups in total. The Morgan fingerprint density at radius 3 is 2.56 bits per heavy atom. The maximum atomic E-state index is 11.9. The molecule has 7 nitrogen and oxygen atoms in total. The minimum absolute atomic E-state index is 0.0457. The number of H-pyrrole nitrogens is 1. The van der Waals surface area contributed by atoms with Crippen molar-refractivity contribution in [3.63, 3.8) is 0 Å². The van der Waals surface area contributed by atoms with Crippen molar-refractivity contribution < 1.29 is 13.5 Å². The summed E-state index contributed by atoms with van der Waals surface area (Å²) in [4.78, 5) is 3.95. The van der Waals surface area contributed by atoms with E-state index in [1.54, 1.807) is 12.1 Å². The van der Waals surface area contributed by atoms with Gasteiger partial charge in [0.25, 0.3) is 0 Å². The fourth-order valence-corrected chi connectivity index (χ4v) is 2.32. The molecule has 0 unspecified atom stereocenters. The number of hydrogen-bond donors (Lipinski definition) is 3. The summed E-state index contributed by atoms with van der Waals surface area (Å²) in [6, 6.07) is 5.99. The number of benzene rings is 1.